The molecule has 2 rings (SSSR count). The fourth-order valence-corrected chi connectivity index (χ4v) is 2.66. The van der Waals surface area contributed by atoms with Crippen LogP contribution in [0.2, 0.25) is 0 Å². The predicted octanol–water partition coefficient (Wildman–Crippen LogP) is 3.36. The lowest BCUT2D eigenvalue weighted by molar-refractivity contribution is 0.448. The van der Waals surface area contributed by atoms with Crippen molar-refractivity contribution in [2.45, 2.75) is 39.7 Å². The molecule has 0 radical (unpaired) electrons. The van der Waals surface area contributed by atoms with Gasteiger partial charge in [-0.15, -0.1) is 0 Å². The van der Waals surface area contributed by atoms with Gasteiger partial charge in [0.15, 0.2) is 0 Å². The third kappa shape index (κ3) is 2.07. The lowest BCUT2D eigenvalue weighted by atomic mass is 9.89. The van der Waals surface area contributed by atoms with Crippen LogP contribution < -0.4 is 5.32 Å². The van der Waals surface area contributed by atoms with Crippen LogP contribution >= 0.6 is 0 Å². The molecule has 1 aliphatic heterocycles. The molecule has 0 spiro atoms. The predicted molar refractivity (Wildman–Crippen MR) is 65.1 cm³/mol. The molecule has 1 aliphatic rings. The molecule has 0 amide bonds. The number of rotatable bonds is 2. The highest BCUT2D eigenvalue weighted by Crippen LogP contribution is 2.33. The molecule has 1 fully saturated rings. The van der Waals surface area contributed by atoms with Crippen molar-refractivity contribution in [3.05, 3.63) is 34.9 Å². The summed E-state index contributed by atoms with van der Waals surface area (Å²) in [6.45, 7) is 7.88. The molecule has 1 aromatic rings. The Hall–Kier alpha value is -0.820. The molecule has 2 atom stereocenters. The number of benzene rings is 1. The van der Waals surface area contributed by atoms with Gasteiger partial charge in [0.2, 0.25) is 0 Å². The fraction of sp³-hybridized carbons (Fsp3) is 0.571. The maximum atomic E-state index is 3.64. The highest BCUT2D eigenvalue weighted by atomic mass is 15.0. The van der Waals surface area contributed by atoms with Gasteiger partial charge in [-0.25, -0.2) is 0 Å². The molecule has 0 saturated carbocycles. The Kier molecular flexibility index (Phi) is 3.11. The average Bonchev–Trinajstić information content (AvgIpc) is 2.69. The van der Waals surface area contributed by atoms with Crippen LogP contribution in [-0.4, -0.2) is 6.54 Å². The Morgan fingerprint density at radius 2 is 2.13 bits per heavy atom. The highest BCUT2D eigenvalue weighted by Gasteiger charge is 2.27. The summed E-state index contributed by atoms with van der Waals surface area (Å²) in [6.07, 6.45) is 2.61. The van der Waals surface area contributed by atoms with Crippen molar-refractivity contribution in [3.8, 4) is 0 Å². The molecule has 1 nitrogen and oxygen atoms in total. The number of hydrogen-bond donors (Lipinski definition) is 1. The monoisotopic (exact) mass is 203 g/mol. The zero-order valence-corrected chi connectivity index (χ0v) is 10.0. The smallest absolute Gasteiger partial charge is 0.0351 e. The summed E-state index contributed by atoms with van der Waals surface area (Å²) in [6, 6.07) is 7.39. The third-order valence-electron chi connectivity index (χ3n) is 3.64. The van der Waals surface area contributed by atoms with Crippen molar-refractivity contribution in [2.75, 3.05) is 6.54 Å². The Morgan fingerprint density at radius 1 is 1.33 bits per heavy atom. The van der Waals surface area contributed by atoms with Gasteiger partial charge in [0.1, 0.15) is 0 Å². The van der Waals surface area contributed by atoms with Gasteiger partial charge in [0, 0.05) is 6.04 Å². The van der Waals surface area contributed by atoms with E-state index in [9.17, 15) is 0 Å². The van der Waals surface area contributed by atoms with Crippen LogP contribution in [0.25, 0.3) is 0 Å². The lowest BCUT2D eigenvalue weighted by Crippen LogP contribution is -2.18. The first kappa shape index (κ1) is 10.7. The van der Waals surface area contributed by atoms with E-state index in [0.29, 0.717) is 6.04 Å². The third-order valence-corrected chi connectivity index (χ3v) is 3.64. The van der Waals surface area contributed by atoms with E-state index in [2.05, 4.69) is 44.3 Å². The van der Waals surface area contributed by atoms with Crippen molar-refractivity contribution in [3.63, 3.8) is 0 Å². The second kappa shape index (κ2) is 4.36. The molecule has 1 saturated heterocycles. The minimum Gasteiger partial charge on any atom is -0.310 e. The summed E-state index contributed by atoms with van der Waals surface area (Å²) in [5.74, 6) is 0.825. The SMILES string of the molecule is CCC1CCNC1c1cc(C)ccc1C. The average molecular weight is 203 g/mol. The molecule has 0 aromatic heterocycles. The van der Waals surface area contributed by atoms with Crippen LogP contribution in [0, 0.1) is 19.8 Å². The van der Waals surface area contributed by atoms with Gasteiger partial charge in [0.25, 0.3) is 0 Å². The molecule has 1 heteroatoms. The van der Waals surface area contributed by atoms with E-state index in [1.54, 1.807) is 0 Å². The molecule has 15 heavy (non-hydrogen) atoms. The van der Waals surface area contributed by atoms with Crippen LogP contribution in [-0.2, 0) is 0 Å². The van der Waals surface area contributed by atoms with Crippen LogP contribution in [0.3, 0.4) is 0 Å². The zero-order valence-electron chi connectivity index (χ0n) is 10.0. The van der Waals surface area contributed by atoms with Crippen molar-refractivity contribution >= 4 is 0 Å². The molecule has 0 aliphatic carbocycles. The van der Waals surface area contributed by atoms with Crippen LogP contribution in [0.5, 0.6) is 0 Å². The standard InChI is InChI=1S/C14H21N/c1-4-12-7-8-15-14(12)13-9-10(2)5-6-11(13)3/h5-6,9,12,14-15H,4,7-8H2,1-3H3. The first-order chi connectivity index (χ1) is 7.22. The lowest BCUT2D eigenvalue weighted by Gasteiger charge is -2.21. The van der Waals surface area contributed by atoms with Gasteiger partial charge in [-0.2, -0.15) is 0 Å². The molecule has 1 aromatic carbocycles. The van der Waals surface area contributed by atoms with Gasteiger partial charge >= 0.3 is 0 Å². The molecule has 1 heterocycles. The highest BCUT2D eigenvalue weighted by molar-refractivity contribution is 5.33. The van der Waals surface area contributed by atoms with Crippen molar-refractivity contribution in [1.82, 2.24) is 5.32 Å². The van der Waals surface area contributed by atoms with Crippen LogP contribution in [0.4, 0.5) is 0 Å². The normalized spacial score (nSPS) is 25.8. The van der Waals surface area contributed by atoms with Crippen molar-refractivity contribution < 1.29 is 0 Å². The summed E-state index contributed by atoms with van der Waals surface area (Å²) in [4.78, 5) is 0. The van der Waals surface area contributed by atoms with Crippen molar-refractivity contribution in [1.29, 1.82) is 0 Å². The summed E-state index contributed by atoms with van der Waals surface area (Å²) in [5.41, 5.74) is 4.32. The minimum atomic E-state index is 0.592. The minimum absolute atomic E-state index is 0.592. The molecular formula is C14H21N. The maximum absolute atomic E-state index is 3.64. The molecular weight excluding hydrogens is 182 g/mol. The Bertz CT molecular complexity index is 343. The Labute approximate surface area is 92.9 Å². The maximum Gasteiger partial charge on any atom is 0.0351 e. The molecule has 82 valence electrons. The second-order valence-corrected chi connectivity index (χ2v) is 4.75. The van der Waals surface area contributed by atoms with E-state index in [1.807, 2.05) is 0 Å². The van der Waals surface area contributed by atoms with Gasteiger partial charge < -0.3 is 5.32 Å². The van der Waals surface area contributed by atoms with Crippen molar-refractivity contribution in [2.24, 2.45) is 5.92 Å². The number of aryl methyl sites for hydroxylation is 2. The summed E-state index contributed by atoms with van der Waals surface area (Å²) < 4.78 is 0. The van der Waals surface area contributed by atoms with E-state index < -0.39 is 0 Å². The van der Waals surface area contributed by atoms with E-state index in [0.717, 1.165) is 5.92 Å². The van der Waals surface area contributed by atoms with E-state index in [-0.39, 0.29) is 0 Å². The number of nitrogens with one attached hydrogen (secondary N) is 1. The topological polar surface area (TPSA) is 12.0 Å². The first-order valence-electron chi connectivity index (χ1n) is 6.03. The Morgan fingerprint density at radius 3 is 2.87 bits per heavy atom. The first-order valence-corrected chi connectivity index (χ1v) is 6.03. The fourth-order valence-electron chi connectivity index (χ4n) is 2.66. The number of hydrogen-bond acceptors (Lipinski definition) is 1. The zero-order chi connectivity index (χ0) is 10.8. The van der Waals surface area contributed by atoms with Gasteiger partial charge in [-0.1, -0.05) is 37.1 Å². The summed E-state index contributed by atoms with van der Waals surface area (Å²) >= 11 is 0. The Balaban J connectivity index is 2.31. The van der Waals surface area contributed by atoms with Crippen LogP contribution in [0.1, 0.15) is 42.5 Å². The van der Waals surface area contributed by atoms with Crippen LogP contribution in [0.15, 0.2) is 18.2 Å². The summed E-state index contributed by atoms with van der Waals surface area (Å²) in [7, 11) is 0. The largest absolute Gasteiger partial charge is 0.310 e. The summed E-state index contributed by atoms with van der Waals surface area (Å²) in [5, 5.41) is 3.64. The quantitative estimate of drug-likeness (QED) is 0.777. The van der Waals surface area contributed by atoms with Gasteiger partial charge in [0.05, 0.1) is 0 Å². The van der Waals surface area contributed by atoms with Gasteiger partial charge in [-0.05, 0) is 43.9 Å². The molecule has 2 unspecified atom stereocenters. The second-order valence-electron chi connectivity index (χ2n) is 4.75. The van der Waals surface area contributed by atoms with E-state index >= 15 is 0 Å². The molecule has 1 N–H and O–H groups in total. The van der Waals surface area contributed by atoms with Gasteiger partial charge in [-0.3, -0.25) is 0 Å². The molecule has 0 bridgehead atoms. The van der Waals surface area contributed by atoms with E-state index in [4.69, 9.17) is 0 Å². The van der Waals surface area contributed by atoms with E-state index in [1.165, 1.54) is 36.1 Å².